The van der Waals surface area contributed by atoms with Crippen molar-refractivity contribution in [3.05, 3.63) is 164 Å². The summed E-state index contributed by atoms with van der Waals surface area (Å²) in [5.41, 5.74) is 6.53. The van der Waals surface area contributed by atoms with Crippen molar-refractivity contribution in [3.8, 4) is 45.3 Å². The summed E-state index contributed by atoms with van der Waals surface area (Å²) in [7, 11) is 0. The minimum Gasteiger partial charge on any atom is -0.455 e. The van der Waals surface area contributed by atoms with Crippen LogP contribution in [0.5, 0.6) is 0 Å². The molecule has 8 aromatic carbocycles. The van der Waals surface area contributed by atoms with Crippen molar-refractivity contribution in [1.29, 1.82) is 0 Å². The Morgan fingerprint density at radius 2 is 0.898 bits per heavy atom. The highest BCUT2D eigenvalue weighted by molar-refractivity contribution is 6.24. The third kappa shape index (κ3) is 4.57. The molecule has 0 spiro atoms. The number of aromatic nitrogens is 3. The van der Waals surface area contributed by atoms with E-state index in [1.807, 2.05) is 30.3 Å². The highest BCUT2D eigenvalue weighted by Crippen LogP contribution is 2.44. The van der Waals surface area contributed by atoms with Gasteiger partial charge in [-0.15, -0.1) is 0 Å². The molecule has 2 heterocycles. The number of furan rings is 1. The third-order valence-corrected chi connectivity index (χ3v) is 9.49. The maximum Gasteiger partial charge on any atom is 0.164 e. The minimum atomic E-state index is 0.600. The van der Waals surface area contributed by atoms with Gasteiger partial charge in [0.15, 0.2) is 17.5 Å². The molecule has 0 saturated carbocycles. The lowest BCUT2D eigenvalue weighted by molar-refractivity contribution is 0.670. The van der Waals surface area contributed by atoms with Crippen LogP contribution >= 0.6 is 0 Å². The van der Waals surface area contributed by atoms with E-state index in [9.17, 15) is 0 Å². The SMILES string of the molecule is c1ccc(-c2nc(-c3ccc4ccccc4c3)nc(-c3ccc(-c4ccc5ccccc5c4)c4oc5ccc6ccccc6c5c34)n2)cc1. The Morgan fingerprint density at radius 1 is 0.347 bits per heavy atom. The van der Waals surface area contributed by atoms with Crippen molar-refractivity contribution in [2.45, 2.75) is 0 Å². The lowest BCUT2D eigenvalue weighted by Gasteiger charge is -2.12. The maximum atomic E-state index is 6.83. The van der Waals surface area contributed by atoms with Crippen LogP contribution in [0, 0.1) is 0 Å². The molecule has 0 unspecified atom stereocenters. The molecule has 4 heteroatoms. The Morgan fingerprint density at radius 3 is 1.65 bits per heavy atom. The molecule has 0 radical (unpaired) electrons. The van der Waals surface area contributed by atoms with Crippen LogP contribution in [0.15, 0.2) is 168 Å². The van der Waals surface area contributed by atoms with Gasteiger partial charge in [-0.1, -0.05) is 133 Å². The van der Waals surface area contributed by atoms with Gasteiger partial charge in [-0.25, -0.2) is 15.0 Å². The highest BCUT2D eigenvalue weighted by Gasteiger charge is 2.22. The summed E-state index contributed by atoms with van der Waals surface area (Å²) in [6, 6.07) is 56.9. The Hall–Kier alpha value is -6.65. The van der Waals surface area contributed by atoms with E-state index in [0.29, 0.717) is 17.5 Å². The van der Waals surface area contributed by atoms with Crippen molar-refractivity contribution in [2.75, 3.05) is 0 Å². The predicted octanol–water partition coefficient (Wildman–Crippen LogP) is 11.9. The van der Waals surface area contributed by atoms with Crippen molar-refractivity contribution < 1.29 is 4.42 Å². The predicted molar refractivity (Wildman–Crippen MR) is 201 cm³/mol. The fraction of sp³-hybridized carbons (Fsp3) is 0. The third-order valence-electron chi connectivity index (χ3n) is 9.49. The molecule has 0 bridgehead atoms. The van der Waals surface area contributed by atoms with Gasteiger partial charge in [-0.05, 0) is 68.2 Å². The molecule has 0 saturated heterocycles. The first-order valence-corrected chi connectivity index (χ1v) is 16.4. The average Bonchev–Trinajstić information content (AvgIpc) is 3.58. The monoisotopic (exact) mass is 625 g/mol. The molecular formula is C45H27N3O. The summed E-state index contributed by atoms with van der Waals surface area (Å²) in [6.07, 6.45) is 0. The Bertz CT molecular complexity index is 2890. The van der Waals surface area contributed by atoms with Gasteiger partial charge in [0.2, 0.25) is 0 Å². The molecule has 0 aliphatic carbocycles. The average molecular weight is 626 g/mol. The van der Waals surface area contributed by atoms with Crippen LogP contribution in [-0.2, 0) is 0 Å². The van der Waals surface area contributed by atoms with Crippen LogP contribution in [-0.4, -0.2) is 15.0 Å². The second-order valence-electron chi connectivity index (χ2n) is 12.4. The second kappa shape index (κ2) is 11.0. The zero-order valence-electron chi connectivity index (χ0n) is 26.3. The smallest absolute Gasteiger partial charge is 0.164 e. The van der Waals surface area contributed by atoms with E-state index in [0.717, 1.165) is 65.9 Å². The number of hydrogen-bond acceptors (Lipinski definition) is 4. The van der Waals surface area contributed by atoms with E-state index < -0.39 is 0 Å². The van der Waals surface area contributed by atoms with Gasteiger partial charge >= 0.3 is 0 Å². The molecule has 49 heavy (non-hydrogen) atoms. The maximum absolute atomic E-state index is 6.83. The lowest BCUT2D eigenvalue weighted by atomic mass is 9.95. The van der Waals surface area contributed by atoms with Crippen molar-refractivity contribution in [2.24, 2.45) is 0 Å². The number of benzene rings is 8. The highest BCUT2D eigenvalue weighted by atomic mass is 16.3. The topological polar surface area (TPSA) is 51.8 Å². The molecule has 0 aliphatic rings. The number of nitrogens with zero attached hydrogens (tertiary/aromatic N) is 3. The first kappa shape index (κ1) is 27.5. The van der Waals surface area contributed by atoms with E-state index in [1.54, 1.807) is 0 Å². The number of hydrogen-bond donors (Lipinski definition) is 0. The summed E-state index contributed by atoms with van der Waals surface area (Å²) < 4.78 is 6.83. The fourth-order valence-corrected chi connectivity index (χ4v) is 7.08. The van der Waals surface area contributed by atoms with E-state index in [-0.39, 0.29) is 0 Å². The van der Waals surface area contributed by atoms with E-state index in [2.05, 4.69) is 133 Å². The van der Waals surface area contributed by atoms with Gasteiger partial charge in [-0.3, -0.25) is 0 Å². The molecule has 2 aromatic heterocycles. The van der Waals surface area contributed by atoms with E-state index >= 15 is 0 Å². The molecule has 0 amide bonds. The van der Waals surface area contributed by atoms with Crippen LogP contribution in [0.1, 0.15) is 0 Å². The van der Waals surface area contributed by atoms with Crippen molar-refractivity contribution in [1.82, 2.24) is 15.0 Å². The first-order valence-electron chi connectivity index (χ1n) is 16.4. The van der Waals surface area contributed by atoms with E-state index in [1.165, 1.54) is 16.2 Å². The molecule has 0 N–H and O–H groups in total. The van der Waals surface area contributed by atoms with Gasteiger partial charge in [-0.2, -0.15) is 0 Å². The summed E-state index contributed by atoms with van der Waals surface area (Å²) in [6.45, 7) is 0. The van der Waals surface area contributed by atoms with E-state index in [4.69, 9.17) is 19.4 Å². The second-order valence-corrected chi connectivity index (χ2v) is 12.4. The number of rotatable bonds is 4. The largest absolute Gasteiger partial charge is 0.455 e. The summed E-state index contributed by atoms with van der Waals surface area (Å²) in [5, 5.41) is 9.02. The fourth-order valence-electron chi connectivity index (χ4n) is 7.08. The molecule has 4 nitrogen and oxygen atoms in total. The molecule has 0 fully saturated rings. The van der Waals surface area contributed by atoms with Gasteiger partial charge in [0.05, 0.1) is 0 Å². The van der Waals surface area contributed by atoms with Gasteiger partial charge in [0, 0.05) is 33.0 Å². The summed E-state index contributed by atoms with van der Waals surface area (Å²) >= 11 is 0. The first-order chi connectivity index (χ1) is 24.3. The zero-order chi connectivity index (χ0) is 32.3. The summed E-state index contributed by atoms with van der Waals surface area (Å²) in [5.74, 6) is 1.85. The number of fused-ring (bicyclic) bond motifs is 7. The Balaban J connectivity index is 1.29. The molecule has 10 rings (SSSR count). The van der Waals surface area contributed by atoms with Gasteiger partial charge < -0.3 is 4.42 Å². The van der Waals surface area contributed by atoms with Crippen molar-refractivity contribution in [3.63, 3.8) is 0 Å². The van der Waals surface area contributed by atoms with Gasteiger partial charge in [0.1, 0.15) is 11.2 Å². The molecular weight excluding hydrogens is 599 g/mol. The molecule has 228 valence electrons. The summed E-state index contributed by atoms with van der Waals surface area (Å²) in [4.78, 5) is 15.4. The Labute approximate surface area is 282 Å². The van der Waals surface area contributed by atoms with Crippen LogP contribution in [0.25, 0.3) is 99.5 Å². The van der Waals surface area contributed by atoms with Crippen molar-refractivity contribution >= 4 is 54.3 Å². The standard InChI is InChI=1S/C45H27N3O/c1-2-13-31(14-3-1)43-46-44(35-21-19-29-11-5-7-16-33(29)27-35)48-45(47-43)38-24-23-37(34-20-18-28-10-4-6-15-32(28)26-34)42-41(38)40-36-17-9-8-12-30(36)22-25-39(40)49-42/h1-27H. The quantitative estimate of drug-likeness (QED) is 0.195. The Kier molecular flexibility index (Phi) is 6.15. The normalized spacial score (nSPS) is 11.7. The van der Waals surface area contributed by atoms with Crippen LogP contribution in [0.4, 0.5) is 0 Å². The molecule has 0 aliphatic heterocycles. The molecule has 10 aromatic rings. The van der Waals surface area contributed by atoms with Crippen LogP contribution < -0.4 is 0 Å². The van der Waals surface area contributed by atoms with Gasteiger partial charge in [0.25, 0.3) is 0 Å². The minimum absolute atomic E-state index is 0.600. The lowest BCUT2D eigenvalue weighted by Crippen LogP contribution is -2.00. The van der Waals surface area contributed by atoms with Crippen LogP contribution in [0.3, 0.4) is 0 Å². The molecule has 0 atom stereocenters. The zero-order valence-corrected chi connectivity index (χ0v) is 26.3. The van der Waals surface area contributed by atoms with Crippen LogP contribution in [0.2, 0.25) is 0 Å².